The molecule has 2 aromatic rings. The van der Waals surface area contributed by atoms with Crippen LogP contribution in [-0.4, -0.2) is 38.4 Å². The summed E-state index contributed by atoms with van der Waals surface area (Å²) in [5.41, 5.74) is 2.98. The van der Waals surface area contributed by atoms with Crippen molar-refractivity contribution in [3.63, 3.8) is 0 Å². The highest BCUT2D eigenvalue weighted by atomic mass is 16.5. The number of hydrogen-bond acceptors (Lipinski definition) is 5. The van der Waals surface area contributed by atoms with Crippen LogP contribution in [0.15, 0.2) is 71.8 Å². The second kappa shape index (κ2) is 10.2. The number of para-hydroxylation sites is 1. The molecule has 0 saturated heterocycles. The lowest BCUT2D eigenvalue weighted by molar-refractivity contribution is -0.111. The van der Waals surface area contributed by atoms with E-state index in [0.29, 0.717) is 23.6 Å². The van der Waals surface area contributed by atoms with Gasteiger partial charge in [0.05, 0.1) is 32.0 Å². The molecule has 0 aliphatic carbocycles. The first-order valence-corrected chi connectivity index (χ1v) is 9.82. The second-order valence-corrected chi connectivity index (χ2v) is 6.92. The van der Waals surface area contributed by atoms with Gasteiger partial charge in [0.15, 0.2) is 0 Å². The number of amides is 2. The number of ether oxygens (including phenoxy) is 2. The summed E-state index contributed by atoms with van der Waals surface area (Å²) in [5.74, 6) is 1.29. The molecular weight excluding hydrogens is 394 g/mol. The zero-order chi connectivity index (χ0) is 22.2. The fourth-order valence-corrected chi connectivity index (χ4v) is 3.17. The summed E-state index contributed by atoms with van der Waals surface area (Å²) in [7, 11) is 3.25. The minimum atomic E-state index is -0.380. The molecule has 2 aromatic carbocycles. The Kier molecular flexibility index (Phi) is 7.22. The van der Waals surface area contributed by atoms with Crippen LogP contribution in [0.1, 0.15) is 22.3 Å². The first-order valence-electron chi connectivity index (χ1n) is 9.82. The summed E-state index contributed by atoms with van der Waals surface area (Å²) in [5, 5.41) is 5.45. The maximum atomic E-state index is 12.7. The van der Waals surface area contributed by atoms with E-state index >= 15 is 0 Å². The maximum absolute atomic E-state index is 12.7. The molecule has 3 rings (SSSR count). The number of nitrogens with zero attached hydrogens (tertiary/aromatic N) is 1. The van der Waals surface area contributed by atoms with Gasteiger partial charge in [0, 0.05) is 6.07 Å². The quantitative estimate of drug-likeness (QED) is 0.641. The van der Waals surface area contributed by atoms with Crippen LogP contribution in [0.3, 0.4) is 0 Å². The average molecular weight is 419 g/mol. The molecule has 0 radical (unpaired) electrons. The number of amidine groups is 1. The summed E-state index contributed by atoms with van der Waals surface area (Å²) in [6, 6.07) is 12.6. The van der Waals surface area contributed by atoms with Gasteiger partial charge in [0.25, 0.3) is 5.91 Å². The fraction of sp³-hybridized carbons (Fsp3) is 0.208. The van der Waals surface area contributed by atoms with Gasteiger partial charge in [-0.15, -0.1) is 0 Å². The first kappa shape index (κ1) is 21.8. The number of nitrogens with one attached hydrogen (secondary N) is 2. The third kappa shape index (κ3) is 5.82. The van der Waals surface area contributed by atoms with Crippen LogP contribution in [0, 0.1) is 0 Å². The molecule has 0 bridgehead atoms. The molecule has 1 heterocycles. The molecule has 0 atom stereocenters. The molecule has 2 N–H and O–H groups in total. The van der Waals surface area contributed by atoms with Crippen LogP contribution in [0.5, 0.6) is 11.5 Å². The largest absolute Gasteiger partial charge is 0.497 e. The molecular formula is C24H25N3O4. The highest BCUT2D eigenvalue weighted by molar-refractivity contribution is 6.14. The number of rotatable bonds is 8. The van der Waals surface area contributed by atoms with E-state index in [2.05, 4.69) is 22.2 Å². The number of carbonyl (C=O) groups is 2. The number of anilines is 1. The smallest absolute Gasteiger partial charge is 0.258 e. The minimum absolute atomic E-state index is 0.339. The molecule has 1 aliphatic rings. The summed E-state index contributed by atoms with van der Waals surface area (Å²) in [6.07, 6.45) is 4.64. The number of methoxy groups -OCH3 is 2. The van der Waals surface area contributed by atoms with Crippen molar-refractivity contribution in [3.8, 4) is 11.5 Å². The van der Waals surface area contributed by atoms with E-state index in [4.69, 9.17) is 9.47 Å². The maximum Gasteiger partial charge on any atom is 0.258 e. The normalized spacial score (nSPS) is 12.5. The highest BCUT2D eigenvalue weighted by Gasteiger charge is 2.16. The van der Waals surface area contributed by atoms with Crippen LogP contribution in [0.2, 0.25) is 0 Å². The fourth-order valence-electron chi connectivity index (χ4n) is 3.17. The van der Waals surface area contributed by atoms with Crippen LogP contribution in [0.25, 0.3) is 0 Å². The van der Waals surface area contributed by atoms with Crippen molar-refractivity contribution < 1.29 is 19.1 Å². The average Bonchev–Trinajstić information content (AvgIpc) is 3.24. The van der Waals surface area contributed by atoms with Crippen LogP contribution in [0.4, 0.5) is 5.69 Å². The molecule has 0 fully saturated rings. The molecule has 7 heteroatoms. The Bertz CT molecular complexity index is 1030. The Morgan fingerprint density at radius 2 is 1.77 bits per heavy atom. The lowest BCUT2D eigenvalue weighted by Crippen LogP contribution is -2.29. The van der Waals surface area contributed by atoms with Gasteiger partial charge in [0.2, 0.25) is 5.91 Å². The minimum Gasteiger partial charge on any atom is -0.497 e. The Labute approximate surface area is 181 Å². The van der Waals surface area contributed by atoms with Gasteiger partial charge < -0.3 is 20.1 Å². The van der Waals surface area contributed by atoms with E-state index in [1.165, 1.54) is 0 Å². The van der Waals surface area contributed by atoms with E-state index in [0.717, 1.165) is 41.6 Å². The molecule has 0 aromatic heterocycles. The third-order valence-electron chi connectivity index (χ3n) is 4.80. The van der Waals surface area contributed by atoms with Gasteiger partial charge in [0.1, 0.15) is 17.3 Å². The summed E-state index contributed by atoms with van der Waals surface area (Å²) in [6.45, 7) is 3.96. The number of aryl methyl sites for hydroxylation is 1. The van der Waals surface area contributed by atoms with Gasteiger partial charge in [-0.25, -0.2) is 0 Å². The topological polar surface area (TPSA) is 89.0 Å². The van der Waals surface area contributed by atoms with Gasteiger partial charge >= 0.3 is 0 Å². The van der Waals surface area contributed by atoms with Gasteiger partial charge in [-0.2, -0.15) is 0 Å². The predicted octanol–water partition coefficient (Wildman–Crippen LogP) is 3.53. The number of benzene rings is 2. The van der Waals surface area contributed by atoms with Crippen LogP contribution < -0.4 is 20.1 Å². The Morgan fingerprint density at radius 1 is 1.06 bits per heavy atom. The zero-order valence-corrected chi connectivity index (χ0v) is 17.6. The Balaban J connectivity index is 1.62. The van der Waals surface area contributed by atoms with Gasteiger partial charge in [-0.05, 0) is 60.4 Å². The van der Waals surface area contributed by atoms with E-state index < -0.39 is 0 Å². The third-order valence-corrected chi connectivity index (χ3v) is 4.80. The molecule has 31 heavy (non-hydrogen) atoms. The van der Waals surface area contributed by atoms with Crippen molar-refractivity contribution in [1.29, 1.82) is 0 Å². The highest BCUT2D eigenvalue weighted by Crippen LogP contribution is 2.24. The zero-order valence-electron chi connectivity index (χ0n) is 17.6. The van der Waals surface area contributed by atoms with Crippen molar-refractivity contribution in [2.75, 3.05) is 26.1 Å². The SMILES string of the molecule is C=CC(=O)Nc1ccccc1C(=O)NC1=NCC(CCc2cc(OC)cc(OC)c2)=C1. The van der Waals surface area contributed by atoms with Crippen molar-refractivity contribution in [2.45, 2.75) is 12.8 Å². The molecule has 0 saturated carbocycles. The lowest BCUT2D eigenvalue weighted by atomic mass is 10.0. The monoisotopic (exact) mass is 419 g/mol. The molecule has 1 aliphatic heterocycles. The molecule has 2 amide bonds. The number of aliphatic imine (C=N–C) groups is 1. The van der Waals surface area contributed by atoms with Gasteiger partial charge in [-0.1, -0.05) is 18.7 Å². The van der Waals surface area contributed by atoms with Crippen molar-refractivity contribution >= 4 is 23.3 Å². The Hall–Kier alpha value is -3.87. The van der Waals surface area contributed by atoms with Crippen molar-refractivity contribution in [2.24, 2.45) is 4.99 Å². The van der Waals surface area contributed by atoms with Crippen molar-refractivity contribution in [3.05, 3.63) is 77.9 Å². The first-order chi connectivity index (χ1) is 15.0. The molecule has 0 unspecified atom stereocenters. The summed E-state index contributed by atoms with van der Waals surface area (Å²) in [4.78, 5) is 28.7. The number of hydrogen-bond donors (Lipinski definition) is 2. The lowest BCUT2D eigenvalue weighted by Gasteiger charge is -2.09. The molecule has 7 nitrogen and oxygen atoms in total. The summed E-state index contributed by atoms with van der Waals surface area (Å²) < 4.78 is 10.6. The van der Waals surface area contributed by atoms with Gasteiger partial charge in [-0.3, -0.25) is 14.6 Å². The van der Waals surface area contributed by atoms with E-state index in [1.807, 2.05) is 24.3 Å². The second-order valence-electron chi connectivity index (χ2n) is 6.92. The summed E-state index contributed by atoms with van der Waals surface area (Å²) >= 11 is 0. The molecule has 160 valence electrons. The standard InChI is InChI=1S/C24H25N3O4/c1-4-23(28)26-21-8-6-5-7-20(21)24(29)27-22-13-17(15-25-22)10-9-16-11-18(30-2)14-19(12-16)31-3/h4-8,11-14H,1,9-10,15H2,2-3H3,(H,26,28)(H,25,27,29). The predicted molar refractivity (Wildman–Crippen MR) is 121 cm³/mol. The van der Waals surface area contributed by atoms with Crippen LogP contribution >= 0.6 is 0 Å². The van der Waals surface area contributed by atoms with Crippen molar-refractivity contribution in [1.82, 2.24) is 5.32 Å². The molecule has 0 spiro atoms. The van der Waals surface area contributed by atoms with E-state index in [1.54, 1.807) is 38.5 Å². The van der Waals surface area contributed by atoms with E-state index in [9.17, 15) is 9.59 Å². The van der Waals surface area contributed by atoms with E-state index in [-0.39, 0.29) is 11.8 Å². The number of carbonyl (C=O) groups excluding carboxylic acids is 2. The van der Waals surface area contributed by atoms with Crippen LogP contribution in [-0.2, 0) is 11.2 Å². The Morgan fingerprint density at radius 3 is 2.45 bits per heavy atom.